The van der Waals surface area contributed by atoms with Crippen LogP contribution >= 0.6 is 0 Å². The number of carbonyl (C=O) groups is 2. The van der Waals surface area contributed by atoms with E-state index in [4.69, 9.17) is 4.74 Å². The summed E-state index contributed by atoms with van der Waals surface area (Å²) in [6.07, 6.45) is 3.08. The Morgan fingerprint density at radius 3 is 2.40 bits per heavy atom. The van der Waals surface area contributed by atoms with Crippen LogP contribution in [0.3, 0.4) is 0 Å². The summed E-state index contributed by atoms with van der Waals surface area (Å²) < 4.78 is 4.70. The second-order valence-corrected chi connectivity index (χ2v) is 3.50. The van der Waals surface area contributed by atoms with Gasteiger partial charge in [0.1, 0.15) is 6.42 Å². The molecule has 0 fully saturated rings. The Kier molecular flexibility index (Phi) is 7.68. The van der Waals surface area contributed by atoms with Crippen molar-refractivity contribution in [3.63, 3.8) is 0 Å². The zero-order valence-electron chi connectivity index (χ0n) is 9.91. The monoisotopic (exact) mass is 215 g/mol. The Hall–Kier alpha value is -1.06. The summed E-state index contributed by atoms with van der Waals surface area (Å²) in [6.45, 7) is 4.88. The van der Waals surface area contributed by atoms with Gasteiger partial charge in [0, 0.05) is 13.6 Å². The van der Waals surface area contributed by atoms with Gasteiger partial charge in [-0.1, -0.05) is 19.8 Å². The number of rotatable bonds is 7. The molecule has 0 aromatic rings. The van der Waals surface area contributed by atoms with E-state index in [9.17, 15) is 9.59 Å². The highest BCUT2D eigenvalue weighted by Gasteiger charge is 2.13. The van der Waals surface area contributed by atoms with Crippen LogP contribution in [0, 0.1) is 0 Å². The number of amides is 1. The maximum atomic E-state index is 11.4. The third-order valence-corrected chi connectivity index (χ3v) is 2.12. The Morgan fingerprint density at radius 2 is 1.87 bits per heavy atom. The molecule has 0 aliphatic rings. The van der Waals surface area contributed by atoms with Crippen LogP contribution in [-0.4, -0.2) is 37.0 Å². The Bertz CT molecular complexity index is 204. The topological polar surface area (TPSA) is 46.6 Å². The van der Waals surface area contributed by atoms with Gasteiger partial charge in [-0.2, -0.15) is 0 Å². The van der Waals surface area contributed by atoms with Gasteiger partial charge in [-0.3, -0.25) is 9.59 Å². The van der Waals surface area contributed by atoms with E-state index in [2.05, 4.69) is 6.92 Å². The highest BCUT2D eigenvalue weighted by atomic mass is 16.5. The number of hydrogen-bond acceptors (Lipinski definition) is 3. The number of nitrogens with zero attached hydrogens (tertiary/aromatic N) is 1. The third kappa shape index (κ3) is 6.94. The van der Waals surface area contributed by atoms with Crippen LogP contribution in [0.2, 0.25) is 0 Å². The van der Waals surface area contributed by atoms with Crippen LogP contribution < -0.4 is 0 Å². The zero-order valence-corrected chi connectivity index (χ0v) is 9.91. The van der Waals surface area contributed by atoms with Crippen molar-refractivity contribution in [1.82, 2.24) is 4.90 Å². The molecule has 0 aliphatic heterocycles. The first-order valence-electron chi connectivity index (χ1n) is 5.51. The van der Waals surface area contributed by atoms with Gasteiger partial charge in [-0.05, 0) is 13.3 Å². The minimum absolute atomic E-state index is 0.142. The first kappa shape index (κ1) is 13.9. The molecular formula is C11H21NO3. The van der Waals surface area contributed by atoms with Gasteiger partial charge in [0.15, 0.2) is 0 Å². The summed E-state index contributed by atoms with van der Waals surface area (Å²) in [4.78, 5) is 24.1. The van der Waals surface area contributed by atoms with E-state index in [-0.39, 0.29) is 12.3 Å². The van der Waals surface area contributed by atoms with Crippen LogP contribution in [0.4, 0.5) is 0 Å². The number of esters is 1. The standard InChI is InChI=1S/C11H21NO3/c1-4-6-7-8-12(3)10(13)9-11(14)15-5-2/h4-9H2,1-3H3. The van der Waals surface area contributed by atoms with Gasteiger partial charge in [-0.25, -0.2) is 0 Å². The summed E-state index contributed by atoms with van der Waals surface area (Å²) in [6, 6.07) is 0. The number of hydrogen-bond donors (Lipinski definition) is 0. The minimum Gasteiger partial charge on any atom is -0.466 e. The maximum Gasteiger partial charge on any atom is 0.315 e. The van der Waals surface area contributed by atoms with Gasteiger partial charge < -0.3 is 9.64 Å². The molecule has 0 aliphatic carbocycles. The normalized spacial score (nSPS) is 9.80. The molecule has 4 nitrogen and oxygen atoms in total. The van der Waals surface area contributed by atoms with E-state index in [1.54, 1.807) is 18.9 Å². The molecule has 0 aromatic carbocycles. The van der Waals surface area contributed by atoms with E-state index in [1.807, 2.05) is 0 Å². The molecule has 0 radical (unpaired) electrons. The average Bonchev–Trinajstić information content (AvgIpc) is 2.18. The molecule has 88 valence electrons. The lowest BCUT2D eigenvalue weighted by molar-refractivity contribution is -0.148. The summed E-state index contributed by atoms with van der Waals surface area (Å²) >= 11 is 0. The van der Waals surface area contributed by atoms with Crippen molar-refractivity contribution in [1.29, 1.82) is 0 Å². The smallest absolute Gasteiger partial charge is 0.315 e. The van der Waals surface area contributed by atoms with Gasteiger partial charge >= 0.3 is 5.97 Å². The highest BCUT2D eigenvalue weighted by Crippen LogP contribution is 1.99. The first-order chi connectivity index (χ1) is 7.11. The van der Waals surface area contributed by atoms with Crippen molar-refractivity contribution in [3.8, 4) is 0 Å². The van der Waals surface area contributed by atoms with Crippen molar-refractivity contribution >= 4 is 11.9 Å². The highest BCUT2D eigenvalue weighted by molar-refractivity contribution is 5.94. The van der Waals surface area contributed by atoms with Gasteiger partial charge in [-0.15, -0.1) is 0 Å². The molecule has 1 amide bonds. The van der Waals surface area contributed by atoms with Crippen molar-refractivity contribution < 1.29 is 14.3 Å². The van der Waals surface area contributed by atoms with E-state index in [0.717, 1.165) is 19.3 Å². The Labute approximate surface area is 91.6 Å². The summed E-state index contributed by atoms with van der Waals surface area (Å²) in [5, 5.41) is 0. The summed E-state index contributed by atoms with van der Waals surface area (Å²) in [5.74, 6) is -0.602. The van der Waals surface area contributed by atoms with Crippen molar-refractivity contribution in [2.75, 3.05) is 20.2 Å². The van der Waals surface area contributed by atoms with Crippen LogP contribution in [0.1, 0.15) is 39.5 Å². The first-order valence-corrected chi connectivity index (χ1v) is 5.51. The SMILES string of the molecule is CCCCCN(C)C(=O)CC(=O)OCC. The predicted octanol–water partition coefficient (Wildman–Crippen LogP) is 1.59. The van der Waals surface area contributed by atoms with E-state index < -0.39 is 5.97 Å². The zero-order chi connectivity index (χ0) is 11.7. The Morgan fingerprint density at radius 1 is 1.20 bits per heavy atom. The van der Waals surface area contributed by atoms with Crippen LogP contribution in [0.5, 0.6) is 0 Å². The largest absolute Gasteiger partial charge is 0.466 e. The number of ether oxygens (including phenoxy) is 1. The maximum absolute atomic E-state index is 11.4. The predicted molar refractivity (Wildman–Crippen MR) is 58.4 cm³/mol. The molecule has 0 unspecified atom stereocenters. The van der Waals surface area contributed by atoms with Gasteiger partial charge in [0.2, 0.25) is 5.91 Å². The fraction of sp³-hybridized carbons (Fsp3) is 0.818. The molecule has 0 aromatic heterocycles. The van der Waals surface area contributed by atoms with E-state index in [0.29, 0.717) is 13.2 Å². The lowest BCUT2D eigenvalue weighted by Crippen LogP contribution is -2.30. The number of carbonyl (C=O) groups excluding carboxylic acids is 2. The Balaban J connectivity index is 3.73. The van der Waals surface area contributed by atoms with Crippen LogP contribution in [0.25, 0.3) is 0 Å². The summed E-state index contributed by atoms with van der Waals surface area (Å²) in [7, 11) is 1.72. The van der Waals surface area contributed by atoms with E-state index in [1.165, 1.54) is 0 Å². The second-order valence-electron chi connectivity index (χ2n) is 3.50. The van der Waals surface area contributed by atoms with Crippen molar-refractivity contribution in [3.05, 3.63) is 0 Å². The quantitative estimate of drug-likeness (QED) is 0.368. The number of unbranched alkanes of at least 4 members (excludes halogenated alkanes) is 2. The second kappa shape index (κ2) is 8.26. The molecule has 0 saturated heterocycles. The molecule has 0 bridgehead atoms. The average molecular weight is 215 g/mol. The van der Waals surface area contributed by atoms with Gasteiger partial charge in [0.25, 0.3) is 0 Å². The molecule has 0 N–H and O–H groups in total. The van der Waals surface area contributed by atoms with Gasteiger partial charge in [0.05, 0.1) is 6.61 Å². The molecule has 0 rings (SSSR count). The van der Waals surface area contributed by atoms with Crippen molar-refractivity contribution in [2.45, 2.75) is 39.5 Å². The lowest BCUT2D eigenvalue weighted by Gasteiger charge is -2.16. The molecule has 4 heteroatoms. The molecular weight excluding hydrogens is 194 g/mol. The van der Waals surface area contributed by atoms with Crippen molar-refractivity contribution in [2.24, 2.45) is 0 Å². The van der Waals surface area contributed by atoms with Crippen LogP contribution in [0.15, 0.2) is 0 Å². The fourth-order valence-corrected chi connectivity index (χ4v) is 1.19. The molecule has 0 atom stereocenters. The molecule has 0 heterocycles. The third-order valence-electron chi connectivity index (χ3n) is 2.12. The molecule has 15 heavy (non-hydrogen) atoms. The summed E-state index contributed by atoms with van der Waals surface area (Å²) in [5.41, 5.74) is 0. The minimum atomic E-state index is -0.440. The fourth-order valence-electron chi connectivity index (χ4n) is 1.19. The van der Waals surface area contributed by atoms with Crippen LogP contribution in [-0.2, 0) is 14.3 Å². The lowest BCUT2D eigenvalue weighted by atomic mass is 10.2. The molecule has 0 saturated carbocycles. The molecule has 0 spiro atoms. The van der Waals surface area contributed by atoms with E-state index >= 15 is 0 Å².